The van der Waals surface area contributed by atoms with Crippen LogP contribution in [-0.4, -0.2) is 22.0 Å². The van der Waals surface area contributed by atoms with E-state index in [1.165, 1.54) is 0 Å². The topological polar surface area (TPSA) is 46.9 Å². The maximum Gasteiger partial charge on any atom is 0.242 e. The van der Waals surface area contributed by atoms with Crippen molar-refractivity contribution < 1.29 is 4.79 Å². The number of fused-ring (bicyclic) bond motifs is 1. The highest BCUT2D eigenvalue weighted by Crippen LogP contribution is 2.25. The third kappa shape index (κ3) is 3.58. The summed E-state index contributed by atoms with van der Waals surface area (Å²) in [7, 11) is 0. The van der Waals surface area contributed by atoms with Gasteiger partial charge in [0.15, 0.2) is 0 Å². The van der Waals surface area contributed by atoms with Crippen LogP contribution in [0.25, 0.3) is 11.0 Å². The molecule has 1 heterocycles. The zero-order valence-corrected chi connectivity index (χ0v) is 14.7. The van der Waals surface area contributed by atoms with Gasteiger partial charge in [-0.2, -0.15) is 0 Å². The minimum atomic E-state index is -0.344. The fraction of sp³-hybridized carbons (Fsp3) is 0.467. The number of rotatable bonds is 5. The van der Waals surface area contributed by atoms with Crippen molar-refractivity contribution in [3.05, 3.63) is 28.5 Å². The van der Waals surface area contributed by atoms with Crippen LogP contribution < -0.4 is 5.32 Å². The van der Waals surface area contributed by atoms with E-state index in [0.29, 0.717) is 18.3 Å². The Kier molecular flexibility index (Phi) is 5.27. The van der Waals surface area contributed by atoms with E-state index in [1.807, 2.05) is 29.7 Å². The molecule has 1 N–H and O–H groups in total. The lowest BCUT2D eigenvalue weighted by molar-refractivity contribution is -0.124. The summed E-state index contributed by atoms with van der Waals surface area (Å²) in [6, 6.07) is 5.48. The van der Waals surface area contributed by atoms with Crippen LogP contribution in [0.4, 0.5) is 0 Å². The van der Waals surface area contributed by atoms with Crippen LogP contribution in [0.1, 0.15) is 32.6 Å². The molecule has 0 aliphatic heterocycles. The number of benzene rings is 1. The Hall–Kier alpha value is -1.07. The number of nitrogens with zero attached hydrogens (tertiary/aromatic N) is 2. The number of carbonyl (C=O) groups excluding carboxylic acids is 1. The fourth-order valence-electron chi connectivity index (χ4n) is 2.22. The molecule has 0 spiro atoms. The van der Waals surface area contributed by atoms with Gasteiger partial charge >= 0.3 is 0 Å². The molecule has 6 heteroatoms. The van der Waals surface area contributed by atoms with E-state index >= 15 is 0 Å². The van der Waals surface area contributed by atoms with Crippen molar-refractivity contribution in [3.63, 3.8) is 0 Å². The summed E-state index contributed by atoms with van der Waals surface area (Å²) >= 11 is 9.43. The van der Waals surface area contributed by atoms with Crippen LogP contribution in [0.15, 0.2) is 22.7 Å². The fourth-order valence-corrected chi connectivity index (χ4v) is 2.76. The number of aromatic nitrogens is 2. The van der Waals surface area contributed by atoms with E-state index in [9.17, 15) is 4.79 Å². The van der Waals surface area contributed by atoms with Gasteiger partial charge < -0.3 is 9.88 Å². The predicted molar refractivity (Wildman–Crippen MR) is 89.5 cm³/mol. The second-order valence-electron chi connectivity index (χ2n) is 5.48. The highest BCUT2D eigenvalue weighted by atomic mass is 79.9. The molecule has 1 aromatic heterocycles. The van der Waals surface area contributed by atoms with Gasteiger partial charge in [-0.3, -0.25) is 4.79 Å². The van der Waals surface area contributed by atoms with Crippen molar-refractivity contribution in [1.29, 1.82) is 0 Å². The van der Waals surface area contributed by atoms with Gasteiger partial charge in [-0.25, -0.2) is 4.98 Å². The van der Waals surface area contributed by atoms with Crippen molar-refractivity contribution >= 4 is 44.5 Å². The van der Waals surface area contributed by atoms with Crippen LogP contribution in [0.3, 0.4) is 0 Å². The summed E-state index contributed by atoms with van der Waals surface area (Å²) in [6.07, 6.45) is 0. The Bertz CT molecular complexity index is 654. The number of carbonyl (C=O) groups is 1. The molecule has 0 aliphatic rings. The minimum absolute atomic E-state index is 0.0164. The lowest BCUT2D eigenvalue weighted by Gasteiger charge is -2.17. The highest BCUT2D eigenvalue weighted by molar-refractivity contribution is 9.10. The highest BCUT2D eigenvalue weighted by Gasteiger charge is 2.21. The number of alkyl halides is 1. The molecule has 0 saturated heterocycles. The molecule has 0 aliphatic carbocycles. The molecule has 1 amide bonds. The average Bonchev–Trinajstić information content (AvgIpc) is 2.81. The van der Waals surface area contributed by atoms with E-state index in [-0.39, 0.29) is 17.8 Å². The Morgan fingerprint density at radius 1 is 1.43 bits per heavy atom. The minimum Gasteiger partial charge on any atom is -0.354 e. The summed E-state index contributed by atoms with van der Waals surface area (Å²) in [5.74, 6) is 1.38. The van der Waals surface area contributed by atoms with Crippen molar-refractivity contribution in [1.82, 2.24) is 14.9 Å². The average molecular weight is 373 g/mol. The van der Waals surface area contributed by atoms with Gasteiger partial charge in [0.25, 0.3) is 0 Å². The Morgan fingerprint density at radius 3 is 2.76 bits per heavy atom. The zero-order valence-electron chi connectivity index (χ0n) is 12.4. The van der Waals surface area contributed by atoms with E-state index in [2.05, 4.69) is 40.1 Å². The van der Waals surface area contributed by atoms with E-state index < -0.39 is 0 Å². The number of amides is 1. The normalized spacial score (nSPS) is 12.9. The van der Waals surface area contributed by atoms with Crippen LogP contribution in [-0.2, 0) is 10.7 Å². The molecular formula is C15H19BrClN3O. The molecule has 114 valence electrons. The zero-order chi connectivity index (χ0) is 15.6. The number of hydrogen-bond acceptors (Lipinski definition) is 2. The predicted octanol–water partition coefficient (Wildman–Crippen LogP) is 3.87. The van der Waals surface area contributed by atoms with Gasteiger partial charge in [-0.05, 0) is 31.0 Å². The largest absolute Gasteiger partial charge is 0.354 e. The molecule has 0 fully saturated rings. The smallest absolute Gasteiger partial charge is 0.242 e. The molecule has 1 atom stereocenters. The van der Waals surface area contributed by atoms with E-state index in [4.69, 9.17) is 11.6 Å². The van der Waals surface area contributed by atoms with Crippen molar-refractivity contribution in [3.8, 4) is 0 Å². The second kappa shape index (κ2) is 6.79. The summed E-state index contributed by atoms with van der Waals surface area (Å²) in [5.41, 5.74) is 1.75. The Labute approximate surface area is 138 Å². The molecule has 0 saturated carbocycles. The number of nitrogens with one attached hydrogen (secondary N) is 1. The lowest BCUT2D eigenvalue weighted by atomic mass is 10.2. The number of hydrogen-bond donors (Lipinski definition) is 1. The molecular weight excluding hydrogens is 354 g/mol. The first-order valence-corrected chi connectivity index (χ1v) is 8.26. The quantitative estimate of drug-likeness (QED) is 0.810. The third-order valence-electron chi connectivity index (χ3n) is 3.30. The van der Waals surface area contributed by atoms with Crippen LogP contribution in [0, 0.1) is 5.92 Å². The molecule has 1 unspecified atom stereocenters. The van der Waals surface area contributed by atoms with Crippen molar-refractivity contribution in [2.75, 3.05) is 6.54 Å². The molecule has 0 bridgehead atoms. The van der Waals surface area contributed by atoms with Gasteiger partial charge in [0, 0.05) is 11.0 Å². The molecule has 0 radical (unpaired) electrons. The molecule has 4 nitrogen and oxygen atoms in total. The van der Waals surface area contributed by atoms with Crippen molar-refractivity contribution in [2.24, 2.45) is 5.92 Å². The van der Waals surface area contributed by atoms with Crippen LogP contribution in [0.5, 0.6) is 0 Å². The van der Waals surface area contributed by atoms with Gasteiger partial charge in [0.05, 0.1) is 16.9 Å². The van der Waals surface area contributed by atoms with E-state index in [1.54, 1.807) is 0 Å². The first-order chi connectivity index (χ1) is 9.93. The monoisotopic (exact) mass is 371 g/mol. The number of imidazole rings is 1. The Balaban J connectivity index is 2.37. The van der Waals surface area contributed by atoms with Crippen LogP contribution in [0.2, 0.25) is 0 Å². The van der Waals surface area contributed by atoms with Gasteiger partial charge in [0.2, 0.25) is 5.91 Å². The van der Waals surface area contributed by atoms with Gasteiger partial charge in [0.1, 0.15) is 11.9 Å². The number of halogens is 2. The molecule has 1 aromatic carbocycles. The van der Waals surface area contributed by atoms with Gasteiger partial charge in [-0.15, -0.1) is 11.6 Å². The summed E-state index contributed by atoms with van der Waals surface area (Å²) in [5, 5.41) is 2.96. The molecule has 2 aromatic rings. The SMILES string of the molecule is CC(C)CNC(=O)C(C)n1c(CCl)nc2cc(Br)ccc21. The maximum atomic E-state index is 12.3. The molecule has 21 heavy (non-hydrogen) atoms. The second-order valence-corrected chi connectivity index (χ2v) is 6.66. The maximum absolute atomic E-state index is 12.3. The van der Waals surface area contributed by atoms with Crippen LogP contribution >= 0.6 is 27.5 Å². The Morgan fingerprint density at radius 2 is 2.14 bits per heavy atom. The standard InChI is InChI=1S/C15H19BrClN3O/c1-9(2)8-18-15(21)10(3)20-13-5-4-11(16)6-12(13)19-14(20)7-17/h4-6,9-10H,7-8H2,1-3H3,(H,18,21). The third-order valence-corrected chi connectivity index (χ3v) is 4.03. The summed E-state index contributed by atoms with van der Waals surface area (Å²) in [4.78, 5) is 16.8. The van der Waals surface area contributed by atoms with E-state index in [0.717, 1.165) is 15.5 Å². The van der Waals surface area contributed by atoms with Gasteiger partial charge in [-0.1, -0.05) is 29.8 Å². The lowest BCUT2D eigenvalue weighted by Crippen LogP contribution is -2.34. The summed E-state index contributed by atoms with van der Waals surface area (Å²) < 4.78 is 2.86. The van der Waals surface area contributed by atoms with Crippen molar-refractivity contribution in [2.45, 2.75) is 32.7 Å². The first kappa shape index (κ1) is 16.3. The molecule has 2 rings (SSSR count). The summed E-state index contributed by atoms with van der Waals surface area (Å²) in [6.45, 7) is 6.67. The first-order valence-electron chi connectivity index (χ1n) is 6.94.